The molecule has 2 aromatic heterocycles. The maximum atomic E-state index is 9.42. The summed E-state index contributed by atoms with van der Waals surface area (Å²) in [5, 5.41) is 12.3. The Morgan fingerprint density at radius 2 is 2.23 bits per heavy atom. The number of aromatic nitrogens is 2. The number of aromatic hydroxyl groups is 1. The molecule has 0 saturated carbocycles. The van der Waals surface area contributed by atoms with Crippen LogP contribution < -0.4 is 0 Å². The van der Waals surface area contributed by atoms with Gasteiger partial charge >= 0.3 is 0 Å². The van der Waals surface area contributed by atoms with E-state index in [4.69, 9.17) is 0 Å². The summed E-state index contributed by atoms with van der Waals surface area (Å²) in [5.74, 6) is 0.234. The first-order valence-electron chi connectivity index (χ1n) is 3.87. The van der Waals surface area contributed by atoms with Crippen molar-refractivity contribution in [2.75, 3.05) is 0 Å². The van der Waals surface area contributed by atoms with E-state index >= 15 is 0 Å². The fourth-order valence-corrected chi connectivity index (χ4v) is 1.67. The molecule has 1 N–H and O–H groups in total. The van der Waals surface area contributed by atoms with Crippen LogP contribution in [0.3, 0.4) is 0 Å². The van der Waals surface area contributed by atoms with Crippen molar-refractivity contribution in [2.24, 2.45) is 0 Å². The van der Waals surface area contributed by atoms with Crippen LogP contribution in [0.2, 0.25) is 0 Å². The second-order valence-corrected chi connectivity index (χ2v) is 3.55. The number of rotatable bonds is 2. The summed E-state index contributed by atoms with van der Waals surface area (Å²) in [5.41, 5.74) is 0.678. The van der Waals surface area contributed by atoms with Crippen LogP contribution in [0.15, 0.2) is 29.9 Å². The summed E-state index contributed by atoms with van der Waals surface area (Å²) in [7, 11) is 0. The van der Waals surface area contributed by atoms with Gasteiger partial charge in [-0.25, -0.2) is 4.98 Å². The van der Waals surface area contributed by atoms with E-state index in [-0.39, 0.29) is 5.75 Å². The fraction of sp³-hybridized carbons (Fsp3) is 0.111. The summed E-state index contributed by atoms with van der Waals surface area (Å²) in [6.45, 7) is 0. The lowest BCUT2D eigenvalue weighted by molar-refractivity contribution is 0.465. The largest absolute Gasteiger partial charge is 0.506 e. The Balaban J connectivity index is 2.24. The standard InChI is InChI=1S/C9H8N2OS/c12-8-2-1-3-10-7(8)6-9-11-4-5-13-9/h1-5,12H,6H2. The third-order valence-electron chi connectivity index (χ3n) is 1.67. The van der Waals surface area contributed by atoms with Gasteiger partial charge in [-0.1, -0.05) is 0 Å². The molecule has 66 valence electrons. The molecule has 2 aromatic rings. The number of thiazole rings is 1. The van der Waals surface area contributed by atoms with Gasteiger partial charge in [0.05, 0.1) is 10.7 Å². The van der Waals surface area contributed by atoms with Crippen molar-refractivity contribution in [1.29, 1.82) is 0 Å². The van der Waals surface area contributed by atoms with Crippen LogP contribution in [0.1, 0.15) is 10.7 Å². The summed E-state index contributed by atoms with van der Waals surface area (Å²) in [6, 6.07) is 3.34. The first kappa shape index (κ1) is 8.19. The van der Waals surface area contributed by atoms with Crippen LogP contribution in [-0.4, -0.2) is 15.1 Å². The monoisotopic (exact) mass is 192 g/mol. The zero-order valence-electron chi connectivity index (χ0n) is 6.84. The second kappa shape index (κ2) is 3.53. The zero-order valence-corrected chi connectivity index (χ0v) is 7.66. The molecule has 0 spiro atoms. The predicted octanol–water partition coefficient (Wildman–Crippen LogP) is 1.83. The maximum absolute atomic E-state index is 9.42. The molecule has 0 bridgehead atoms. The van der Waals surface area contributed by atoms with E-state index in [0.717, 1.165) is 5.01 Å². The van der Waals surface area contributed by atoms with E-state index < -0.39 is 0 Å². The van der Waals surface area contributed by atoms with Crippen LogP contribution in [0, 0.1) is 0 Å². The molecule has 0 radical (unpaired) electrons. The molecule has 2 heterocycles. The molecule has 3 nitrogen and oxygen atoms in total. The van der Waals surface area contributed by atoms with Crippen molar-refractivity contribution in [1.82, 2.24) is 9.97 Å². The molecule has 0 fully saturated rings. The Morgan fingerprint density at radius 3 is 2.92 bits per heavy atom. The van der Waals surface area contributed by atoms with Gasteiger partial charge in [0.2, 0.25) is 0 Å². The molecule has 0 atom stereocenters. The Labute approximate surface area is 79.7 Å². The molecular weight excluding hydrogens is 184 g/mol. The molecule has 0 saturated heterocycles. The molecule has 0 amide bonds. The second-order valence-electron chi connectivity index (χ2n) is 2.57. The SMILES string of the molecule is Oc1cccnc1Cc1nccs1. The molecule has 4 heteroatoms. The van der Waals surface area contributed by atoms with Crippen molar-refractivity contribution in [3.05, 3.63) is 40.6 Å². The average Bonchev–Trinajstić information content (AvgIpc) is 2.61. The normalized spacial score (nSPS) is 10.2. The molecule has 0 aliphatic heterocycles. The highest BCUT2D eigenvalue weighted by molar-refractivity contribution is 7.09. The van der Waals surface area contributed by atoms with E-state index in [1.807, 2.05) is 5.38 Å². The van der Waals surface area contributed by atoms with Crippen molar-refractivity contribution >= 4 is 11.3 Å². The minimum atomic E-state index is 0.234. The minimum Gasteiger partial charge on any atom is -0.506 e. The summed E-state index contributed by atoms with van der Waals surface area (Å²) < 4.78 is 0. The summed E-state index contributed by atoms with van der Waals surface area (Å²) >= 11 is 1.56. The molecule has 0 aliphatic rings. The van der Waals surface area contributed by atoms with Crippen LogP contribution in [0.25, 0.3) is 0 Å². The molecular formula is C9H8N2OS. The van der Waals surface area contributed by atoms with E-state index in [1.54, 1.807) is 35.9 Å². The van der Waals surface area contributed by atoms with Gasteiger partial charge in [-0.3, -0.25) is 4.98 Å². The van der Waals surface area contributed by atoms with E-state index in [2.05, 4.69) is 9.97 Å². The van der Waals surface area contributed by atoms with Crippen molar-refractivity contribution < 1.29 is 5.11 Å². The number of pyridine rings is 1. The summed E-state index contributed by atoms with van der Waals surface area (Å²) in [6.07, 6.45) is 4.02. The first-order chi connectivity index (χ1) is 6.36. The van der Waals surface area contributed by atoms with Gasteiger partial charge in [0, 0.05) is 24.2 Å². The smallest absolute Gasteiger partial charge is 0.137 e. The third kappa shape index (κ3) is 1.84. The van der Waals surface area contributed by atoms with Gasteiger partial charge in [-0.15, -0.1) is 11.3 Å². The number of hydrogen-bond acceptors (Lipinski definition) is 4. The van der Waals surface area contributed by atoms with Crippen LogP contribution >= 0.6 is 11.3 Å². The van der Waals surface area contributed by atoms with Gasteiger partial charge in [-0.05, 0) is 12.1 Å². The highest BCUT2D eigenvalue weighted by Crippen LogP contribution is 2.17. The van der Waals surface area contributed by atoms with Crippen LogP contribution in [0.4, 0.5) is 0 Å². The fourth-order valence-electron chi connectivity index (χ4n) is 1.05. The van der Waals surface area contributed by atoms with Crippen LogP contribution in [0.5, 0.6) is 5.75 Å². The quantitative estimate of drug-likeness (QED) is 0.789. The molecule has 13 heavy (non-hydrogen) atoms. The zero-order chi connectivity index (χ0) is 9.10. The molecule has 0 unspecified atom stereocenters. The average molecular weight is 192 g/mol. The van der Waals surface area contributed by atoms with E-state index in [1.165, 1.54) is 0 Å². The molecule has 2 rings (SSSR count). The lowest BCUT2D eigenvalue weighted by Crippen LogP contribution is -1.90. The lowest BCUT2D eigenvalue weighted by Gasteiger charge is -1.99. The van der Waals surface area contributed by atoms with Gasteiger partial charge in [0.25, 0.3) is 0 Å². The Morgan fingerprint density at radius 1 is 1.31 bits per heavy atom. The van der Waals surface area contributed by atoms with E-state index in [9.17, 15) is 5.11 Å². The first-order valence-corrected chi connectivity index (χ1v) is 4.75. The summed E-state index contributed by atoms with van der Waals surface area (Å²) in [4.78, 5) is 8.19. The highest BCUT2D eigenvalue weighted by Gasteiger charge is 2.03. The third-order valence-corrected chi connectivity index (χ3v) is 2.45. The Kier molecular flexibility index (Phi) is 2.23. The lowest BCUT2D eigenvalue weighted by atomic mass is 10.2. The maximum Gasteiger partial charge on any atom is 0.137 e. The van der Waals surface area contributed by atoms with Crippen molar-refractivity contribution in [3.63, 3.8) is 0 Å². The van der Waals surface area contributed by atoms with Gasteiger partial charge in [0.15, 0.2) is 0 Å². The predicted molar refractivity (Wildman–Crippen MR) is 50.8 cm³/mol. The van der Waals surface area contributed by atoms with Crippen LogP contribution in [-0.2, 0) is 6.42 Å². The van der Waals surface area contributed by atoms with Crippen molar-refractivity contribution in [3.8, 4) is 5.75 Å². The van der Waals surface area contributed by atoms with Crippen molar-refractivity contribution in [2.45, 2.75) is 6.42 Å². The molecule has 0 aromatic carbocycles. The van der Waals surface area contributed by atoms with Gasteiger partial charge in [-0.2, -0.15) is 0 Å². The topological polar surface area (TPSA) is 46.0 Å². The minimum absolute atomic E-state index is 0.234. The van der Waals surface area contributed by atoms with E-state index in [0.29, 0.717) is 12.1 Å². The Bertz CT molecular complexity index is 386. The number of nitrogens with zero attached hydrogens (tertiary/aromatic N) is 2. The highest BCUT2D eigenvalue weighted by atomic mass is 32.1. The number of hydrogen-bond donors (Lipinski definition) is 1. The Hall–Kier alpha value is -1.42. The van der Waals surface area contributed by atoms with Gasteiger partial charge < -0.3 is 5.11 Å². The van der Waals surface area contributed by atoms with Gasteiger partial charge in [0.1, 0.15) is 5.75 Å². The molecule has 0 aliphatic carbocycles.